The highest BCUT2D eigenvalue weighted by Gasteiger charge is 2.17. The van der Waals surface area contributed by atoms with Crippen LogP contribution in [0.3, 0.4) is 0 Å². The first-order chi connectivity index (χ1) is 10.7. The molecule has 0 saturated heterocycles. The minimum Gasteiger partial charge on any atom is -0.410 e. The Morgan fingerprint density at radius 2 is 1.68 bits per heavy atom. The van der Waals surface area contributed by atoms with Crippen LogP contribution in [-0.4, -0.2) is 10.9 Å². The molecule has 1 N–H and O–H groups in total. The van der Waals surface area contributed by atoms with Crippen molar-refractivity contribution in [3.8, 4) is 0 Å². The summed E-state index contributed by atoms with van der Waals surface area (Å²) in [5.74, 6) is 0. The number of oxime groups is 1. The molecule has 3 aromatic rings. The minimum atomic E-state index is 0.411. The Balaban J connectivity index is 2.08. The molecule has 0 saturated carbocycles. The van der Waals surface area contributed by atoms with Crippen molar-refractivity contribution in [2.75, 3.05) is 0 Å². The molecule has 0 aliphatic rings. The molecule has 5 heteroatoms. The summed E-state index contributed by atoms with van der Waals surface area (Å²) < 4.78 is 1.95. The largest absolute Gasteiger partial charge is 0.410 e. The average Bonchev–Trinajstić information content (AvgIpc) is 2.55. The molecular formula is C17H13Cl2N2O+. The molecule has 0 aliphatic carbocycles. The minimum absolute atomic E-state index is 0.411. The van der Waals surface area contributed by atoms with E-state index in [0.29, 0.717) is 22.3 Å². The second-order valence-corrected chi connectivity index (χ2v) is 5.65. The van der Waals surface area contributed by atoms with Crippen LogP contribution in [0.1, 0.15) is 5.56 Å². The molecule has 0 spiro atoms. The summed E-state index contributed by atoms with van der Waals surface area (Å²) in [6.45, 7) is 0.411. The van der Waals surface area contributed by atoms with E-state index >= 15 is 0 Å². The highest BCUT2D eigenvalue weighted by Crippen LogP contribution is 2.27. The Morgan fingerprint density at radius 1 is 0.955 bits per heavy atom. The molecule has 1 aromatic heterocycles. The molecule has 3 rings (SSSR count). The lowest BCUT2D eigenvalue weighted by atomic mass is 10.1. The first kappa shape index (κ1) is 14.8. The van der Waals surface area contributed by atoms with E-state index in [-0.39, 0.29) is 0 Å². The second kappa shape index (κ2) is 6.34. The van der Waals surface area contributed by atoms with Gasteiger partial charge in [-0.3, -0.25) is 0 Å². The molecule has 1 heterocycles. The standard InChI is InChI=1S/C17H12Cl2N2O/c18-13-7-4-8-16-17(13)14(19)9-10-21(16)11-15(20-22)12-5-2-1-3-6-12/h1-10H,11H2/p+1/b20-15-. The molecular weight excluding hydrogens is 319 g/mol. The fourth-order valence-electron chi connectivity index (χ4n) is 2.42. The third kappa shape index (κ3) is 2.78. The molecule has 0 atom stereocenters. The molecule has 0 bridgehead atoms. The van der Waals surface area contributed by atoms with E-state index in [0.717, 1.165) is 16.5 Å². The van der Waals surface area contributed by atoms with Crippen LogP contribution in [0.5, 0.6) is 0 Å². The quantitative estimate of drug-likeness (QED) is 0.330. The Morgan fingerprint density at radius 3 is 2.41 bits per heavy atom. The summed E-state index contributed by atoms with van der Waals surface area (Å²) in [5, 5.41) is 14.8. The maximum absolute atomic E-state index is 9.34. The Kier molecular flexibility index (Phi) is 4.27. The van der Waals surface area contributed by atoms with Crippen molar-refractivity contribution in [2.24, 2.45) is 5.16 Å². The molecule has 0 amide bonds. The topological polar surface area (TPSA) is 36.5 Å². The van der Waals surface area contributed by atoms with Crippen molar-refractivity contribution < 1.29 is 9.77 Å². The number of hydrogen-bond donors (Lipinski definition) is 1. The lowest BCUT2D eigenvalue weighted by Gasteiger charge is -2.06. The molecule has 3 nitrogen and oxygen atoms in total. The van der Waals surface area contributed by atoms with Crippen molar-refractivity contribution in [1.29, 1.82) is 0 Å². The predicted molar refractivity (Wildman–Crippen MR) is 88.9 cm³/mol. The fourth-order valence-corrected chi connectivity index (χ4v) is 2.99. The summed E-state index contributed by atoms with van der Waals surface area (Å²) >= 11 is 12.5. The van der Waals surface area contributed by atoms with E-state index in [2.05, 4.69) is 5.16 Å². The summed E-state index contributed by atoms with van der Waals surface area (Å²) in [4.78, 5) is 0. The van der Waals surface area contributed by atoms with Gasteiger partial charge >= 0.3 is 0 Å². The zero-order valence-electron chi connectivity index (χ0n) is 11.6. The number of pyridine rings is 1. The lowest BCUT2D eigenvalue weighted by Crippen LogP contribution is -2.38. The van der Waals surface area contributed by atoms with Crippen molar-refractivity contribution in [2.45, 2.75) is 6.54 Å². The number of nitrogens with zero attached hydrogens (tertiary/aromatic N) is 2. The van der Waals surface area contributed by atoms with E-state index in [1.807, 2.05) is 53.2 Å². The van der Waals surface area contributed by atoms with Crippen LogP contribution >= 0.6 is 23.2 Å². The number of benzene rings is 2. The molecule has 0 radical (unpaired) electrons. The summed E-state index contributed by atoms with van der Waals surface area (Å²) in [6, 6.07) is 16.9. The number of fused-ring (bicyclic) bond motifs is 1. The highest BCUT2D eigenvalue weighted by atomic mass is 35.5. The van der Waals surface area contributed by atoms with Gasteiger partial charge in [-0.2, -0.15) is 4.57 Å². The van der Waals surface area contributed by atoms with E-state index < -0.39 is 0 Å². The Labute approximate surface area is 138 Å². The second-order valence-electron chi connectivity index (χ2n) is 4.84. The van der Waals surface area contributed by atoms with Crippen LogP contribution in [0.2, 0.25) is 10.0 Å². The summed E-state index contributed by atoms with van der Waals surface area (Å²) in [6.07, 6.45) is 1.86. The van der Waals surface area contributed by atoms with E-state index in [4.69, 9.17) is 23.2 Å². The van der Waals surface area contributed by atoms with Crippen LogP contribution in [0.15, 0.2) is 65.9 Å². The Hall–Kier alpha value is -2.10. The van der Waals surface area contributed by atoms with Gasteiger partial charge in [0.1, 0.15) is 0 Å². The van der Waals surface area contributed by atoms with Gasteiger partial charge in [-0.25, -0.2) is 0 Å². The highest BCUT2D eigenvalue weighted by molar-refractivity contribution is 6.41. The molecule has 110 valence electrons. The SMILES string of the molecule is O/N=C(/C[n+]1ccc(Cl)c2c(Cl)cccc21)c1ccccc1. The van der Waals surface area contributed by atoms with E-state index in [1.54, 1.807) is 12.1 Å². The third-order valence-electron chi connectivity index (χ3n) is 3.49. The zero-order valence-corrected chi connectivity index (χ0v) is 13.1. The third-order valence-corrected chi connectivity index (χ3v) is 4.12. The number of hydrogen-bond acceptors (Lipinski definition) is 2. The number of aromatic nitrogens is 1. The van der Waals surface area contributed by atoms with Gasteiger partial charge in [0, 0.05) is 17.7 Å². The van der Waals surface area contributed by atoms with Gasteiger partial charge in [0.15, 0.2) is 18.5 Å². The normalized spacial score (nSPS) is 11.8. The monoisotopic (exact) mass is 331 g/mol. The van der Waals surface area contributed by atoms with Gasteiger partial charge in [0.25, 0.3) is 0 Å². The van der Waals surface area contributed by atoms with E-state index in [1.165, 1.54) is 0 Å². The first-order valence-corrected chi connectivity index (χ1v) is 7.49. The first-order valence-electron chi connectivity index (χ1n) is 6.73. The van der Waals surface area contributed by atoms with Crippen molar-refractivity contribution in [1.82, 2.24) is 0 Å². The maximum atomic E-state index is 9.34. The van der Waals surface area contributed by atoms with Gasteiger partial charge in [-0.05, 0) is 6.07 Å². The lowest BCUT2D eigenvalue weighted by molar-refractivity contribution is -0.655. The van der Waals surface area contributed by atoms with Crippen molar-refractivity contribution in [3.05, 3.63) is 76.4 Å². The molecule has 2 aromatic carbocycles. The van der Waals surface area contributed by atoms with Crippen LogP contribution in [-0.2, 0) is 6.54 Å². The van der Waals surface area contributed by atoms with Gasteiger partial charge in [-0.1, -0.05) is 64.8 Å². The van der Waals surface area contributed by atoms with Gasteiger partial charge in [0.05, 0.1) is 15.4 Å². The van der Waals surface area contributed by atoms with Crippen molar-refractivity contribution in [3.63, 3.8) is 0 Å². The smallest absolute Gasteiger partial charge is 0.215 e. The summed E-state index contributed by atoms with van der Waals surface area (Å²) in [5.41, 5.74) is 2.31. The van der Waals surface area contributed by atoms with E-state index in [9.17, 15) is 5.21 Å². The summed E-state index contributed by atoms with van der Waals surface area (Å²) in [7, 11) is 0. The molecule has 22 heavy (non-hydrogen) atoms. The van der Waals surface area contributed by atoms with Gasteiger partial charge < -0.3 is 5.21 Å². The van der Waals surface area contributed by atoms with Gasteiger partial charge in [0.2, 0.25) is 5.52 Å². The van der Waals surface area contributed by atoms with Crippen LogP contribution in [0.4, 0.5) is 0 Å². The van der Waals surface area contributed by atoms with Gasteiger partial charge in [-0.15, -0.1) is 0 Å². The van der Waals surface area contributed by atoms with Crippen LogP contribution in [0, 0.1) is 0 Å². The molecule has 0 unspecified atom stereocenters. The number of halogens is 2. The number of rotatable bonds is 3. The molecule has 0 fully saturated rings. The molecule has 0 aliphatic heterocycles. The maximum Gasteiger partial charge on any atom is 0.215 e. The van der Waals surface area contributed by atoms with Crippen molar-refractivity contribution >= 4 is 39.8 Å². The fraction of sp³-hybridized carbons (Fsp3) is 0.0588. The average molecular weight is 332 g/mol. The zero-order chi connectivity index (χ0) is 15.5. The van der Waals surface area contributed by atoms with Crippen LogP contribution in [0.25, 0.3) is 10.9 Å². The Bertz CT molecular complexity index is 840. The van der Waals surface area contributed by atoms with Crippen LogP contribution < -0.4 is 4.57 Å². The predicted octanol–water partition coefficient (Wildman–Crippen LogP) is 4.31.